The summed E-state index contributed by atoms with van der Waals surface area (Å²) in [5.74, 6) is 0. The fraction of sp³-hybridized carbons (Fsp3) is 0. The molecule has 0 atom stereocenters. The molecule has 0 amide bonds. The van der Waals surface area contributed by atoms with Crippen molar-refractivity contribution in [1.82, 2.24) is 0 Å². The first kappa shape index (κ1) is 39.8. The number of hydrogen-bond donors (Lipinski definition) is 0. The van der Waals surface area contributed by atoms with Crippen LogP contribution in [0.25, 0.3) is 99.1 Å². The van der Waals surface area contributed by atoms with Gasteiger partial charge in [0.2, 0.25) is 0 Å². The monoisotopic (exact) mass is 851 g/mol. The molecule has 0 saturated carbocycles. The van der Waals surface area contributed by atoms with Gasteiger partial charge in [-0.25, -0.2) is 0 Å². The van der Waals surface area contributed by atoms with Crippen LogP contribution in [0.1, 0.15) is 0 Å². The summed E-state index contributed by atoms with van der Waals surface area (Å²) in [6.07, 6.45) is 0. The predicted molar refractivity (Wildman–Crippen MR) is 286 cm³/mol. The third-order valence-electron chi connectivity index (χ3n) is 13.3. The van der Waals surface area contributed by atoms with Crippen LogP contribution in [0.3, 0.4) is 0 Å². The third-order valence-corrected chi connectivity index (χ3v) is 13.3. The Labute approximate surface area is 392 Å². The van der Waals surface area contributed by atoms with Gasteiger partial charge in [0.15, 0.2) is 0 Å². The highest BCUT2D eigenvalue weighted by Crippen LogP contribution is 2.45. The lowest BCUT2D eigenvalue weighted by Crippen LogP contribution is -2.11. The summed E-state index contributed by atoms with van der Waals surface area (Å²) in [5.41, 5.74) is 17.5. The van der Waals surface area contributed by atoms with Crippen LogP contribution in [-0.2, 0) is 0 Å². The summed E-state index contributed by atoms with van der Waals surface area (Å²) in [6, 6.07) is 99.6. The van der Waals surface area contributed by atoms with E-state index in [-0.39, 0.29) is 0 Å². The van der Waals surface area contributed by atoms with Crippen molar-refractivity contribution in [3.05, 3.63) is 273 Å². The zero-order chi connectivity index (χ0) is 44.5. The largest absolute Gasteiger partial charge is 0.310 e. The maximum Gasteiger partial charge on any atom is 0.0546 e. The molecule has 0 heterocycles. The van der Waals surface area contributed by atoms with Crippen LogP contribution in [0.4, 0.5) is 17.1 Å². The van der Waals surface area contributed by atoms with E-state index in [1.54, 1.807) is 0 Å². The van der Waals surface area contributed by atoms with Gasteiger partial charge in [-0.3, -0.25) is 0 Å². The van der Waals surface area contributed by atoms with E-state index in [0.717, 1.165) is 39.3 Å². The molecule has 0 bridgehead atoms. The smallest absolute Gasteiger partial charge is 0.0546 e. The first-order chi connectivity index (χ1) is 33.2. The molecular formula is C66H45N. The molecule has 12 rings (SSSR count). The van der Waals surface area contributed by atoms with E-state index in [2.05, 4.69) is 278 Å². The fourth-order valence-electron chi connectivity index (χ4n) is 9.89. The molecule has 0 aromatic heterocycles. The summed E-state index contributed by atoms with van der Waals surface area (Å²) >= 11 is 0. The summed E-state index contributed by atoms with van der Waals surface area (Å²) in [6.45, 7) is 0. The van der Waals surface area contributed by atoms with Gasteiger partial charge in [-0.15, -0.1) is 0 Å². The van der Waals surface area contributed by atoms with Crippen molar-refractivity contribution in [1.29, 1.82) is 0 Å². The molecule has 314 valence electrons. The number of fused-ring (bicyclic) bond motifs is 4. The molecule has 0 spiro atoms. The van der Waals surface area contributed by atoms with E-state index in [4.69, 9.17) is 0 Å². The molecule has 0 aliphatic carbocycles. The molecule has 0 aliphatic heterocycles. The van der Waals surface area contributed by atoms with Gasteiger partial charge in [0, 0.05) is 16.9 Å². The van der Waals surface area contributed by atoms with E-state index in [9.17, 15) is 0 Å². The van der Waals surface area contributed by atoms with E-state index < -0.39 is 0 Å². The lowest BCUT2D eigenvalue weighted by Gasteiger charge is -2.29. The minimum atomic E-state index is 1.07. The molecule has 1 nitrogen and oxygen atoms in total. The maximum absolute atomic E-state index is 2.44. The average molecular weight is 852 g/mol. The molecule has 12 aromatic carbocycles. The van der Waals surface area contributed by atoms with Crippen LogP contribution >= 0.6 is 0 Å². The Kier molecular flexibility index (Phi) is 10.3. The van der Waals surface area contributed by atoms with Gasteiger partial charge in [0.25, 0.3) is 0 Å². The third kappa shape index (κ3) is 7.63. The van der Waals surface area contributed by atoms with Crippen LogP contribution in [0.2, 0.25) is 0 Å². The van der Waals surface area contributed by atoms with Crippen molar-refractivity contribution < 1.29 is 0 Å². The Bertz CT molecular complexity index is 3710. The standard InChI is InChI=1S/C66H45N/c1-4-17-48(18-5-1)60-40-34-54(43-64(60)50-21-8-3-9-22-50)47-30-36-57(37-31-47)67(58-38-32-51(33-39-58)65-44-56-24-12-13-25-59(56)62-26-14-15-27-63(62)65)66-45-55(35-41-61(66)49-19-6-2-7-20-49)53-29-28-46-16-10-11-23-52(46)42-53/h1-45H. The molecule has 0 N–H and O–H groups in total. The second-order valence-corrected chi connectivity index (χ2v) is 17.3. The molecule has 0 aliphatic rings. The number of rotatable bonds is 9. The quantitative estimate of drug-likeness (QED) is 0.131. The van der Waals surface area contributed by atoms with E-state index in [1.165, 1.54) is 76.8 Å². The average Bonchev–Trinajstić information content (AvgIpc) is 3.41. The van der Waals surface area contributed by atoms with Crippen LogP contribution in [-0.4, -0.2) is 0 Å². The lowest BCUT2D eigenvalue weighted by molar-refractivity contribution is 1.28. The Balaban J connectivity index is 1.02. The highest BCUT2D eigenvalue weighted by Gasteiger charge is 2.20. The van der Waals surface area contributed by atoms with Gasteiger partial charge < -0.3 is 4.90 Å². The molecule has 0 saturated heterocycles. The van der Waals surface area contributed by atoms with Gasteiger partial charge in [0.05, 0.1) is 5.69 Å². The van der Waals surface area contributed by atoms with Crippen LogP contribution in [0.15, 0.2) is 273 Å². The molecule has 12 aromatic rings. The number of anilines is 3. The van der Waals surface area contributed by atoms with Crippen molar-refractivity contribution in [2.45, 2.75) is 0 Å². The summed E-state index contributed by atoms with van der Waals surface area (Å²) < 4.78 is 0. The van der Waals surface area contributed by atoms with Crippen LogP contribution in [0, 0.1) is 0 Å². The SMILES string of the molecule is c1ccc(-c2ccc(-c3ccc(N(c4ccc(-c5cc6ccccc6c6ccccc56)cc4)c4cc(-c5ccc6ccccc6c5)ccc4-c4ccccc4)cc3)cc2-c2ccccc2)cc1. The van der Waals surface area contributed by atoms with Crippen molar-refractivity contribution >= 4 is 49.4 Å². The molecule has 0 unspecified atom stereocenters. The molecular weight excluding hydrogens is 807 g/mol. The first-order valence-corrected chi connectivity index (χ1v) is 23.1. The van der Waals surface area contributed by atoms with Gasteiger partial charge in [0.1, 0.15) is 0 Å². The molecule has 67 heavy (non-hydrogen) atoms. The minimum Gasteiger partial charge on any atom is -0.310 e. The van der Waals surface area contributed by atoms with Gasteiger partial charge in [-0.2, -0.15) is 0 Å². The van der Waals surface area contributed by atoms with E-state index >= 15 is 0 Å². The second-order valence-electron chi connectivity index (χ2n) is 17.3. The first-order valence-electron chi connectivity index (χ1n) is 23.1. The zero-order valence-electron chi connectivity index (χ0n) is 36.9. The minimum absolute atomic E-state index is 1.07. The van der Waals surface area contributed by atoms with Gasteiger partial charge in [-0.05, 0) is 142 Å². The fourth-order valence-corrected chi connectivity index (χ4v) is 9.89. The second kappa shape index (κ2) is 17.3. The van der Waals surface area contributed by atoms with Crippen molar-refractivity contribution in [2.75, 3.05) is 4.90 Å². The summed E-state index contributed by atoms with van der Waals surface area (Å²) in [4.78, 5) is 2.44. The lowest BCUT2D eigenvalue weighted by atomic mass is 9.91. The van der Waals surface area contributed by atoms with Crippen molar-refractivity contribution in [3.63, 3.8) is 0 Å². The molecule has 1 heteroatoms. The Morgan fingerprint density at radius 3 is 1.28 bits per heavy atom. The highest BCUT2D eigenvalue weighted by molar-refractivity contribution is 6.14. The van der Waals surface area contributed by atoms with Gasteiger partial charge >= 0.3 is 0 Å². The number of nitrogens with zero attached hydrogens (tertiary/aromatic N) is 1. The van der Waals surface area contributed by atoms with Crippen molar-refractivity contribution in [2.24, 2.45) is 0 Å². The van der Waals surface area contributed by atoms with E-state index in [0.29, 0.717) is 0 Å². The Hall–Kier alpha value is -8.78. The Morgan fingerprint density at radius 2 is 0.627 bits per heavy atom. The topological polar surface area (TPSA) is 3.24 Å². The number of hydrogen-bond acceptors (Lipinski definition) is 1. The highest BCUT2D eigenvalue weighted by atomic mass is 15.1. The predicted octanol–water partition coefficient (Wildman–Crippen LogP) is 18.6. The normalized spacial score (nSPS) is 11.3. The number of benzene rings is 12. The summed E-state index contributed by atoms with van der Waals surface area (Å²) in [7, 11) is 0. The molecule has 0 fully saturated rings. The van der Waals surface area contributed by atoms with Crippen molar-refractivity contribution in [3.8, 4) is 66.8 Å². The summed E-state index contributed by atoms with van der Waals surface area (Å²) in [5, 5.41) is 7.50. The van der Waals surface area contributed by atoms with Crippen LogP contribution < -0.4 is 4.90 Å². The Morgan fingerprint density at radius 1 is 0.194 bits per heavy atom. The van der Waals surface area contributed by atoms with Crippen LogP contribution in [0.5, 0.6) is 0 Å². The maximum atomic E-state index is 2.44. The van der Waals surface area contributed by atoms with E-state index in [1.807, 2.05) is 0 Å². The van der Waals surface area contributed by atoms with Gasteiger partial charge in [-0.1, -0.05) is 224 Å². The zero-order valence-corrected chi connectivity index (χ0v) is 36.9. The molecule has 0 radical (unpaired) electrons.